The molecule has 6 heteroatoms. The maximum absolute atomic E-state index is 5.97. The van der Waals surface area contributed by atoms with Gasteiger partial charge in [0.05, 0.1) is 0 Å². The van der Waals surface area contributed by atoms with Crippen LogP contribution < -0.4 is 0 Å². The van der Waals surface area contributed by atoms with Gasteiger partial charge >= 0.3 is 0 Å². The molecule has 0 amide bonds. The van der Waals surface area contributed by atoms with Crippen LogP contribution in [0.1, 0.15) is 11.1 Å². The lowest BCUT2D eigenvalue weighted by molar-refractivity contribution is 0.776. The first-order valence-electron chi connectivity index (χ1n) is 7.42. The molecule has 0 spiro atoms. The lowest BCUT2D eigenvalue weighted by atomic mass is 10.1. The molecule has 4 rings (SSSR count). The van der Waals surface area contributed by atoms with Crippen LogP contribution in [-0.2, 0) is 0 Å². The highest BCUT2D eigenvalue weighted by Gasteiger charge is 2.18. The predicted molar refractivity (Wildman–Crippen MR) is 99.4 cm³/mol. The maximum Gasteiger partial charge on any atom is 0.217 e. The van der Waals surface area contributed by atoms with Crippen molar-refractivity contribution in [3.05, 3.63) is 70.8 Å². The van der Waals surface area contributed by atoms with Crippen LogP contribution in [0.3, 0.4) is 0 Å². The molecule has 0 radical (unpaired) electrons. The van der Waals surface area contributed by atoms with E-state index in [0.717, 1.165) is 37.6 Å². The van der Waals surface area contributed by atoms with Crippen molar-refractivity contribution in [2.45, 2.75) is 12.1 Å². The van der Waals surface area contributed by atoms with Gasteiger partial charge in [-0.3, -0.25) is 0 Å². The smallest absolute Gasteiger partial charge is 0.187 e. The fraction of sp³-hybridized carbons (Fsp3) is 0.0556. The molecule has 0 saturated carbocycles. The van der Waals surface area contributed by atoms with E-state index in [4.69, 9.17) is 11.6 Å². The molecule has 0 saturated heterocycles. The van der Waals surface area contributed by atoms with E-state index >= 15 is 0 Å². The van der Waals surface area contributed by atoms with Crippen LogP contribution in [0.2, 0.25) is 5.02 Å². The minimum atomic E-state index is 0.719. The Kier molecular flexibility index (Phi) is 3.96. The van der Waals surface area contributed by atoms with Gasteiger partial charge in [0.2, 0.25) is 5.16 Å². The zero-order valence-corrected chi connectivity index (χ0v) is 14.4. The quantitative estimate of drug-likeness (QED) is 0.659. The zero-order chi connectivity index (χ0) is 16.5. The Balaban J connectivity index is 1.73. The van der Waals surface area contributed by atoms with Crippen LogP contribution >= 0.6 is 23.4 Å². The van der Waals surface area contributed by atoms with Crippen molar-refractivity contribution >= 4 is 34.5 Å². The zero-order valence-electron chi connectivity index (χ0n) is 12.8. The standard InChI is InChI=1S/C18H13ClN4S/c1-12-4-2-3-5-15(12)17-21-22-18-23(17)20-11-10-16(24-18)13-6-8-14(19)9-7-13/h2-11H,1H3. The summed E-state index contributed by atoms with van der Waals surface area (Å²) >= 11 is 7.51. The molecule has 1 aliphatic rings. The van der Waals surface area contributed by atoms with Crippen molar-refractivity contribution in [2.75, 3.05) is 0 Å². The summed E-state index contributed by atoms with van der Waals surface area (Å²) < 4.78 is 1.78. The molecule has 2 heterocycles. The molecule has 1 aliphatic heterocycles. The highest BCUT2D eigenvalue weighted by molar-refractivity contribution is 8.08. The number of hydrogen-bond acceptors (Lipinski definition) is 4. The summed E-state index contributed by atoms with van der Waals surface area (Å²) in [6.45, 7) is 2.06. The third-order valence-corrected chi connectivity index (χ3v) is 5.02. The van der Waals surface area contributed by atoms with Crippen LogP contribution in [0.25, 0.3) is 16.3 Å². The van der Waals surface area contributed by atoms with Crippen molar-refractivity contribution in [3.8, 4) is 11.4 Å². The van der Waals surface area contributed by atoms with Gasteiger partial charge < -0.3 is 0 Å². The summed E-state index contributed by atoms with van der Waals surface area (Å²) in [7, 11) is 0. The average molecular weight is 353 g/mol. The first-order valence-corrected chi connectivity index (χ1v) is 8.62. The van der Waals surface area contributed by atoms with Gasteiger partial charge in [0.1, 0.15) is 0 Å². The molecule has 0 fully saturated rings. The molecule has 0 unspecified atom stereocenters. The third-order valence-electron chi connectivity index (χ3n) is 3.74. The van der Waals surface area contributed by atoms with Gasteiger partial charge in [0.25, 0.3) is 0 Å². The van der Waals surface area contributed by atoms with Gasteiger partial charge in [-0.1, -0.05) is 48.0 Å². The van der Waals surface area contributed by atoms with E-state index in [1.807, 2.05) is 48.5 Å². The third kappa shape index (κ3) is 2.77. The Morgan fingerprint density at radius 1 is 1.00 bits per heavy atom. The second kappa shape index (κ2) is 6.26. The van der Waals surface area contributed by atoms with Crippen molar-refractivity contribution in [1.82, 2.24) is 14.9 Å². The van der Waals surface area contributed by atoms with E-state index in [0.29, 0.717) is 0 Å². The van der Waals surface area contributed by atoms with Crippen LogP contribution in [0.4, 0.5) is 0 Å². The summed E-state index contributed by atoms with van der Waals surface area (Å²) in [5.74, 6) is 0.748. The lowest BCUT2D eigenvalue weighted by Gasteiger charge is -2.06. The number of aryl methyl sites for hydroxylation is 1. The SMILES string of the molecule is Cc1ccccc1-c1nnc2n1N=CC=C(c1ccc(Cl)cc1)S2. The Labute approximate surface area is 148 Å². The minimum absolute atomic E-state index is 0.719. The van der Waals surface area contributed by atoms with Crippen LogP contribution in [0.15, 0.2) is 64.9 Å². The van der Waals surface area contributed by atoms with E-state index in [2.05, 4.69) is 28.3 Å². The minimum Gasteiger partial charge on any atom is -0.187 e. The molecule has 0 atom stereocenters. The first-order chi connectivity index (χ1) is 11.7. The van der Waals surface area contributed by atoms with E-state index in [1.165, 1.54) is 0 Å². The molecule has 3 aromatic rings. The lowest BCUT2D eigenvalue weighted by Crippen LogP contribution is -1.95. The van der Waals surface area contributed by atoms with Gasteiger partial charge in [-0.15, -0.1) is 10.2 Å². The van der Waals surface area contributed by atoms with Crippen LogP contribution in [-0.4, -0.2) is 21.1 Å². The molecule has 0 aliphatic carbocycles. The second-order valence-corrected chi connectivity index (χ2v) is 6.78. The van der Waals surface area contributed by atoms with Crippen molar-refractivity contribution in [1.29, 1.82) is 0 Å². The Bertz CT molecular complexity index is 957. The fourth-order valence-corrected chi connectivity index (χ4v) is 3.50. The molecule has 118 valence electrons. The van der Waals surface area contributed by atoms with Gasteiger partial charge in [-0.05, 0) is 48.0 Å². The summed E-state index contributed by atoms with van der Waals surface area (Å²) in [6, 6.07) is 15.8. The first kappa shape index (κ1) is 15.2. The van der Waals surface area contributed by atoms with Crippen molar-refractivity contribution in [3.63, 3.8) is 0 Å². The summed E-state index contributed by atoms with van der Waals surface area (Å²) in [5, 5.41) is 14.6. The average Bonchev–Trinajstić information content (AvgIpc) is 2.85. The molecule has 4 nitrogen and oxygen atoms in total. The monoisotopic (exact) mass is 352 g/mol. The number of hydrogen-bond donors (Lipinski definition) is 0. The Hall–Kier alpha value is -2.37. The Morgan fingerprint density at radius 2 is 1.79 bits per heavy atom. The highest BCUT2D eigenvalue weighted by Crippen LogP contribution is 2.36. The highest BCUT2D eigenvalue weighted by atomic mass is 35.5. The van der Waals surface area contributed by atoms with Crippen molar-refractivity contribution in [2.24, 2.45) is 5.10 Å². The van der Waals surface area contributed by atoms with Crippen LogP contribution in [0.5, 0.6) is 0 Å². The molecule has 0 N–H and O–H groups in total. The van der Waals surface area contributed by atoms with Gasteiger partial charge in [0, 0.05) is 21.7 Å². The summed E-state index contributed by atoms with van der Waals surface area (Å²) in [4.78, 5) is 1.05. The van der Waals surface area contributed by atoms with Gasteiger partial charge in [-0.25, -0.2) is 0 Å². The van der Waals surface area contributed by atoms with E-state index < -0.39 is 0 Å². The molecule has 1 aromatic heterocycles. The largest absolute Gasteiger partial charge is 0.217 e. The van der Waals surface area contributed by atoms with Gasteiger partial charge in [0.15, 0.2) is 5.82 Å². The molecule has 0 bridgehead atoms. The van der Waals surface area contributed by atoms with Crippen LogP contribution in [0, 0.1) is 6.92 Å². The van der Waals surface area contributed by atoms with E-state index in [1.54, 1.807) is 22.7 Å². The number of halogens is 1. The molecule has 2 aromatic carbocycles. The predicted octanol–water partition coefficient (Wildman–Crippen LogP) is 4.89. The second-order valence-electron chi connectivity index (χ2n) is 5.34. The van der Waals surface area contributed by atoms with E-state index in [-0.39, 0.29) is 0 Å². The fourth-order valence-electron chi connectivity index (χ4n) is 2.49. The summed E-state index contributed by atoms with van der Waals surface area (Å²) in [6.07, 6.45) is 3.75. The number of fused-ring (bicyclic) bond motifs is 1. The molecule has 24 heavy (non-hydrogen) atoms. The number of allylic oxidation sites excluding steroid dienone is 1. The number of rotatable bonds is 2. The topological polar surface area (TPSA) is 43.1 Å². The van der Waals surface area contributed by atoms with E-state index in [9.17, 15) is 0 Å². The van der Waals surface area contributed by atoms with Crippen molar-refractivity contribution < 1.29 is 0 Å². The maximum atomic E-state index is 5.97. The number of thioether (sulfide) groups is 1. The number of aromatic nitrogens is 3. The number of nitrogens with zero attached hydrogens (tertiary/aromatic N) is 4. The number of benzene rings is 2. The molecular formula is C18H13ClN4S. The Morgan fingerprint density at radius 3 is 2.58 bits per heavy atom. The molecular weight excluding hydrogens is 340 g/mol. The normalized spacial score (nSPS) is 13.3. The summed E-state index contributed by atoms with van der Waals surface area (Å²) in [5.41, 5.74) is 3.25. The van der Waals surface area contributed by atoms with Gasteiger partial charge in [-0.2, -0.15) is 9.78 Å².